The van der Waals surface area contributed by atoms with Crippen LogP contribution < -0.4 is 5.73 Å². The van der Waals surface area contributed by atoms with Gasteiger partial charge in [0.1, 0.15) is 5.82 Å². The second kappa shape index (κ2) is 8.38. The van der Waals surface area contributed by atoms with E-state index < -0.39 is 11.7 Å². The van der Waals surface area contributed by atoms with Crippen molar-refractivity contribution in [3.8, 4) is 11.3 Å². The molecule has 0 bridgehead atoms. The van der Waals surface area contributed by atoms with Gasteiger partial charge < -0.3 is 20.5 Å². The van der Waals surface area contributed by atoms with Gasteiger partial charge in [-0.1, -0.05) is 11.6 Å². The number of carbonyl (C=O) groups excluding carboxylic acids is 2. The summed E-state index contributed by atoms with van der Waals surface area (Å²) in [4.78, 5) is 37.3. The molecular weight excluding hydrogens is 457 g/mol. The number of fused-ring (bicyclic) bond motifs is 3. The fourth-order valence-electron chi connectivity index (χ4n) is 4.52. The van der Waals surface area contributed by atoms with Crippen molar-refractivity contribution in [3.63, 3.8) is 0 Å². The molecule has 2 aromatic carbocycles. The van der Waals surface area contributed by atoms with Crippen LogP contribution in [0.25, 0.3) is 33.2 Å². The molecule has 0 spiro atoms. The van der Waals surface area contributed by atoms with Gasteiger partial charge in [0.25, 0.3) is 11.8 Å². The Morgan fingerprint density at radius 2 is 2.00 bits per heavy atom. The topological polar surface area (TPSA) is 95.3 Å². The second-order valence-corrected chi connectivity index (χ2v) is 9.22. The van der Waals surface area contributed by atoms with Crippen molar-refractivity contribution in [3.05, 3.63) is 64.4 Å². The van der Waals surface area contributed by atoms with E-state index in [1.54, 1.807) is 24.3 Å². The highest BCUT2D eigenvalue weighted by atomic mass is 35.5. The fraction of sp³-hybridized carbons (Fsp3) is 0.240. The number of rotatable bonds is 4. The maximum absolute atomic E-state index is 13.6. The smallest absolute Gasteiger partial charge is 0.253 e. The predicted octanol–water partition coefficient (Wildman–Crippen LogP) is 4.05. The van der Waals surface area contributed by atoms with Crippen LogP contribution in [0.2, 0.25) is 5.02 Å². The number of hydrogen-bond acceptors (Lipinski definition) is 4. The lowest BCUT2D eigenvalue weighted by molar-refractivity contribution is 0.0783. The van der Waals surface area contributed by atoms with E-state index in [0.29, 0.717) is 52.5 Å². The number of amides is 2. The van der Waals surface area contributed by atoms with Crippen LogP contribution in [-0.4, -0.2) is 64.8 Å². The monoisotopic (exact) mass is 479 g/mol. The van der Waals surface area contributed by atoms with Gasteiger partial charge >= 0.3 is 0 Å². The van der Waals surface area contributed by atoms with Crippen molar-refractivity contribution in [2.75, 3.05) is 27.2 Å². The Morgan fingerprint density at radius 3 is 2.68 bits per heavy atom. The first-order chi connectivity index (χ1) is 16.2. The van der Waals surface area contributed by atoms with E-state index >= 15 is 0 Å². The summed E-state index contributed by atoms with van der Waals surface area (Å²) in [5.41, 5.74) is 9.16. The van der Waals surface area contributed by atoms with Crippen LogP contribution >= 0.6 is 11.6 Å². The molecule has 3 heterocycles. The Labute approximate surface area is 200 Å². The van der Waals surface area contributed by atoms with Gasteiger partial charge in [-0.15, -0.1) is 0 Å². The molecule has 9 heteroatoms. The lowest BCUT2D eigenvalue weighted by atomic mass is 10.1. The molecule has 4 aromatic rings. The van der Waals surface area contributed by atoms with Gasteiger partial charge in [0.2, 0.25) is 0 Å². The number of nitrogens with two attached hydrogens (primary N) is 1. The highest BCUT2D eigenvalue weighted by molar-refractivity contribution is 6.31. The van der Waals surface area contributed by atoms with Crippen LogP contribution in [0.15, 0.2) is 42.5 Å². The minimum absolute atomic E-state index is 0.0327. The van der Waals surface area contributed by atoms with Gasteiger partial charge in [-0.05, 0) is 63.0 Å². The number of likely N-dealkylation sites (tertiary alicyclic amines) is 1. The van der Waals surface area contributed by atoms with Crippen molar-refractivity contribution in [1.82, 2.24) is 19.8 Å². The van der Waals surface area contributed by atoms with Gasteiger partial charge in [-0.25, -0.2) is 9.37 Å². The maximum atomic E-state index is 13.6. The van der Waals surface area contributed by atoms with Crippen LogP contribution in [0, 0.1) is 5.82 Å². The standard InChI is InChI=1S/C25H23ClFN5O2/c1-31(2)15-7-8-32(12-15)25(34)14-3-5-16-21(10-14)30-23-17(24(28)33)11-20(29-22(16)23)13-4-6-19(27)18(26)9-13/h3-6,9-11,15,30H,7-8,12H2,1-2H3,(H2,28,33)/t15-/m1/s1. The molecule has 0 unspecified atom stereocenters. The summed E-state index contributed by atoms with van der Waals surface area (Å²) in [5.74, 6) is -1.20. The average molecular weight is 480 g/mol. The molecule has 2 aromatic heterocycles. The van der Waals surface area contributed by atoms with Gasteiger partial charge in [0.15, 0.2) is 0 Å². The summed E-state index contributed by atoms with van der Waals surface area (Å²) >= 11 is 5.95. The summed E-state index contributed by atoms with van der Waals surface area (Å²) in [5, 5.41) is 0.706. The molecule has 1 aliphatic rings. The molecule has 1 atom stereocenters. The lowest BCUT2D eigenvalue weighted by Crippen LogP contribution is -2.34. The Hall–Kier alpha value is -3.49. The number of likely N-dealkylation sites (N-methyl/N-ethyl adjacent to an activating group) is 1. The van der Waals surface area contributed by atoms with E-state index in [4.69, 9.17) is 22.3 Å². The molecule has 3 N–H and O–H groups in total. The zero-order chi connectivity index (χ0) is 24.1. The van der Waals surface area contributed by atoms with Crippen molar-refractivity contribution in [1.29, 1.82) is 0 Å². The van der Waals surface area contributed by atoms with E-state index in [-0.39, 0.29) is 16.5 Å². The van der Waals surface area contributed by atoms with Crippen molar-refractivity contribution < 1.29 is 14.0 Å². The molecule has 0 saturated carbocycles. The molecule has 174 valence electrons. The fourth-order valence-corrected chi connectivity index (χ4v) is 4.70. The third-order valence-electron chi connectivity index (χ3n) is 6.46. The normalized spacial score (nSPS) is 16.1. The van der Waals surface area contributed by atoms with E-state index in [2.05, 4.69) is 9.88 Å². The first-order valence-electron chi connectivity index (χ1n) is 10.9. The summed E-state index contributed by atoms with van der Waals surface area (Å²) in [6.45, 7) is 1.40. The number of pyridine rings is 1. The highest BCUT2D eigenvalue weighted by Gasteiger charge is 2.28. The summed E-state index contributed by atoms with van der Waals surface area (Å²) in [6, 6.07) is 11.5. The number of primary amides is 1. The Morgan fingerprint density at radius 1 is 1.21 bits per heavy atom. The number of H-pyrrole nitrogens is 1. The van der Waals surface area contributed by atoms with E-state index in [1.807, 2.05) is 25.1 Å². The van der Waals surface area contributed by atoms with Crippen LogP contribution in [0.1, 0.15) is 27.1 Å². The number of hydrogen-bond donors (Lipinski definition) is 2. The molecule has 1 saturated heterocycles. The number of halogens is 2. The molecule has 2 amide bonds. The Balaban J connectivity index is 1.59. The number of nitrogens with zero attached hydrogens (tertiary/aromatic N) is 3. The first kappa shape index (κ1) is 22.3. The average Bonchev–Trinajstić information content (AvgIpc) is 3.44. The Kier molecular flexibility index (Phi) is 5.50. The number of aromatic amines is 1. The molecule has 1 fully saturated rings. The van der Waals surface area contributed by atoms with E-state index in [1.165, 1.54) is 12.1 Å². The molecule has 0 aliphatic carbocycles. The largest absolute Gasteiger partial charge is 0.366 e. The van der Waals surface area contributed by atoms with E-state index in [0.717, 1.165) is 11.8 Å². The molecule has 7 nitrogen and oxygen atoms in total. The summed E-state index contributed by atoms with van der Waals surface area (Å²) in [6.07, 6.45) is 0.940. The van der Waals surface area contributed by atoms with Crippen molar-refractivity contribution in [2.24, 2.45) is 5.73 Å². The highest BCUT2D eigenvalue weighted by Crippen LogP contribution is 2.32. The predicted molar refractivity (Wildman–Crippen MR) is 131 cm³/mol. The quantitative estimate of drug-likeness (QED) is 0.461. The van der Waals surface area contributed by atoms with Crippen LogP contribution in [0.4, 0.5) is 4.39 Å². The number of benzene rings is 2. The van der Waals surface area contributed by atoms with Gasteiger partial charge in [-0.3, -0.25) is 9.59 Å². The van der Waals surface area contributed by atoms with Crippen molar-refractivity contribution in [2.45, 2.75) is 12.5 Å². The summed E-state index contributed by atoms with van der Waals surface area (Å²) in [7, 11) is 4.04. The number of aromatic nitrogens is 2. The van der Waals surface area contributed by atoms with E-state index in [9.17, 15) is 14.0 Å². The molecular formula is C25H23ClFN5O2. The summed E-state index contributed by atoms with van der Waals surface area (Å²) < 4.78 is 13.6. The van der Waals surface area contributed by atoms with Crippen LogP contribution in [-0.2, 0) is 0 Å². The first-order valence-corrected chi connectivity index (χ1v) is 11.3. The van der Waals surface area contributed by atoms with Gasteiger partial charge in [0.05, 0.1) is 27.3 Å². The molecule has 0 radical (unpaired) electrons. The molecule has 34 heavy (non-hydrogen) atoms. The second-order valence-electron chi connectivity index (χ2n) is 8.81. The zero-order valence-corrected chi connectivity index (χ0v) is 19.5. The zero-order valence-electron chi connectivity index (χ0n) is 18.7. The van der Waals surface area contributed by atoms with Gasteiger partial charge in [-0.2, -0.15) is 0 Å². The number of carbonyl (C=O) groups is 2. The Bertz CT molecular complexity index is 1460. The minimum Gasteiger partial charge on any atom is -0.366 e. The minimum atomic E-state index is -0.628. The number of nitrogens with one attached hydrogen (secondary N) is 1. The SMILES string of the molecule is CN(C)[C@@H]1CCN(C(=O)c2ccc3c(c2)[nH]c2c(C(N)=O)cc(-c4ccc(F)c(Cl)c4)nc23)C1. The third-order valence-corrected chi connectivity index (χ3v) is 6.75. The molecule has 1 aliphatic heterocycles. The van der Waals surface area contributed by atoms with Crippen molar-refractivity contribution >= 4 is 45.4 Å². The third kappa shape index (κ3) is 3.78. The van der Waals surface area contributed by atoms with Crippen LogP contribution in [0.3, 0.4) is 0 Å². The lowest BCUT2D eigenvalue weighted by Gasteiger charge is -2.20. The molecule has 5 rings (SSSR count). The van der Waals surface area contributed by atoms with Crippen LogP contribution in [0.5, 0.6) is 0 Å². The maximum Gasteiger partial charge on any atom is 0.253 e. The van der Waals surface area contributed by atoms with Gasteiger partial charge in [0, 0.05) is 41.2 Å².